The van der Waals surface area contributed by atoms with Crippen molar-refractivity contribution in [2.45, 2.75) is 20.3 Å². The first-order valence-corrected chi connectivity index (χ1v) is 4.17. The topological polar surface area (TPSA) is 0 Å². The van der Waals surface area contributed by atoms with E-state index in [-0.39, 0.29) is 0 Å². The summed E-state index contributed by atoms with van der Waals surface area (Å²) in [6, 6.07) is 0. The third kappa shape index (κ3) is 0.828. The van der Waals surface area contributed by atoms with Gasteiger partial charge in [-0.2, -0.15) is 0 Å². The average molecular weight is 134 g/mol. The van der Waals surface area contributed by atoms with Gasteiger partial charge in [-0.15, -0.1) is 0 Å². The molecule has 10 heavy (non-hydrogen) atoms. The maximum absolute atomic E-state index is 2.34. The molecule has 0 heteroatoms. The van der Waals surface area contributed by atoms with E-state index in [0.717, 1.165) is 17.8 Å². The van der Waals surface area contributed by atoms with Crippen molar-refractivity contribution in [3.8, 4) is 0 Å². The van der Waals surface area contributed by atoms with Gasteiger partial charge in [-0.05, 0) is 24.2 Å². The summed E-state index contributed by atoms with van der Waals surface area (Å²) in [5.41, 5.74) is 1.67. The summed E-state index contributed by atoms with van der Waals surface area (Å²) in [7, 11) is 0. The van der Waals surface area contributed by atoms with Crippen LogP contribution in [0.25, 0.3) is 0 Å². The molecule has 0 amide bonds. The van der Waals surface area contributed by atoms with Gasteiger partial charge in [-0.1, -0.05) is 37.6 Å². The Balaban J connectivity index is 2.20. The molecule has 0 aliphatic heterocycles. The molecule has 0 spiro atoms. The lowest BCUT2D eigenvalue weighted by Crippen LogP contribution is -1.99. The van der Waals surface area contributed by atoms with Gasteiger partial charge in [-0.25, -0.2) is 0 Å². The number of hydrogen-bond donors (Lipinski definition) is 0. The lowest BCUT2D eigenvalue weighted by Gasteiger charge is -2.11. The lowest BCUT2D eigenvalue weighted by molar-refractivity contribution is 0.685. The van der Waals surface area contributed by atoms with Crippen molar-refractivity contribution in [2.24, 2.45) is 17.8 Å². The van der Waals surface area contributed by atoms with Crippen LogP contribution in [0.4, 0.5) is 0 Å². The van der Waals surface area contributed by atoms with E-state index in [2.05, 4.69) is 32.1 Å². The van der Waals surface area contributed by atoms with Crippen molar-refractivity contribution in [3.05, 3.63) is 23.8 Å². The van der Waals surface area contributed by atoms with Crippen LogP contribution in [0.3, 0.4) is 0 Å². The summed E-state index contributed by atoms with van der Waals surface area (Å²) >= 11 is 0. The second-order valence-electron chi connectivity index (χ2n) is 3.71. The molecule has 1 saturated carbocycles. The zero-order valence-electron chi connectivity index (χ0n) is 6.67. The fourth-order valence-electron chi connectivity index (χ4n) is 1.86. The molecule has 0 N–H and O–H groups in total. The van der Waals surface area contributed by atoms with Gasteiger partial charge in [0.05, 0.1) is 0 Å². The second-order valence-corrected chi connectivity index (χ2v) is 3.71. The first-order valence-electron chi connectivity index (χ1n) is 4.17. The third-order valence-electron chi connectivity index (χ3n) is 2.58. The van der Waals surface area contributed by atoms with E-state index in [1.807, 2.05) is 0 Å². The van der Waals surface area contributed by atoms with Crippen LogP contribution in [-0.2, 0) is 0 Å². The minimum Gasteiger partial charge on any atom is -0.0808 e. The van der Waals surface area contributed by atoms with Crippen LogP contribution in [0, 0.1) is 17.8 Å². The lowest BCUT2D eigenvalue weighted by atomic mass is 9.94. The van der Waals surface area contributed by atoms with E-state index in [1.54, 1.807) is 5.57 Å². The Morgan fingerprint density at radius 1 is 1.50 bits per heavy atom. The molecule has 0 saturated heterocycles. The molecule has 0 radical (unpaired) electrons. The van der Waals surface area contributed by atoms with E-state index in [9.17, 15) is 0 Å². The molecule has 1 fully saturated rings. The molecule has 0 heterocycles. The molecule has 2 rings (SSSR count). The summed E-state index contributed by atoms with van der Waals surface area (Å²) in [5.74, 6) is 2.62. The number of hydrogen-bond acceptors (Lipinski definition) is 0. The van der Waals surface area contributed by atoms with Crippen LogP contribution in [0.15, 0.2) is 23.8 Å². The monoisotopic (exact) mass is 134 g/mol. The van der Waals surface area contributed by atoms with Gasteiger partial charge in [0.15, 0.2) is 0 Å². The maximum Gasteiger partial charge on any atom is -0.0128 e. The van der Waals surface area contributed by atoms with E-state index in [4.69, 9.17) is 0 Å². The zero-order chi connectivity index (χ0) is 7.14. The van der Waals surface area contributed by atoms with Crippen molar-refractivity contribution in [1.29, 1.82) is 0 Å². The van der Waals surface area contributed by atoms with Gasteiger partial charge in [-0.3, -0.25) is 0 Å². The van der Waals surface area contributed by atoms with Crippen molar-refractivity contribution in [1.82, 2.24) is 0 Å². The average Bonchev–Trinajstić information content (AvgIpc) is 2.63. The normalized spacial score (nSPS) is 35.7. The molecule has 0 bridgehead atoms. The molecule has 0 nitrogen and oxygen atoms in total. The maximum atomic E-state index is 2.34. The van der Waals surface area contributed by atoms with Gasteiger partial charge in [0.2, 0.25) is 0 Å². The smallest absolute Gasteiger partial charge is 0.0128 e. The highest BCUT2D eigenvalue weighted by Crippen LogP contribution is 2.49. The minimum atomic E-state index is 0.764. The van der Waals surface area contributed by atoms with Crippen LogP contribution in [-0.4, -0.2) is 0 Å². The standard InChI is InChI=1S/C10H14/c1-7(2)9-5-3-4-8-6-10(8)9/h3-5,7-8,10H,6H2,1-2H3. The van der Waals surface area contributed by atoms with Gasteiger partial charge in [0.25, 0.3) is 0 Å². The predicted octanol–water partition coefficient (Wildman–Crippen LogP) is 2.77. The van der Waals surface area contributed by atoms with E-state index in [0.29, 0.717) is 0 Å². The Labute approximate surface area is 62.6 Å². The number of allylic oxidation sites excluding steroid dienone is 4. The zero-order valence-corrected chi connectivity index (χ0v) is 6.67. The summed E-state index contributed by atoms with van der Waals surface area (Å²) in [6.07, 6.45) is 8.29. The van der Waals surface area contributed by atoms with Gasteiger partial charge >= 0.3 is 0 Å². The largest absolute Gasteiger partial charge is 0.0808 e. The summed E-state index contributed by atoms with van der Waals surface area (Å²) in [4.78, 5) is 0. The van der Waals surface area contributed by atoms with Crippen LogP contribution in [0.5, 0.6) is 0 Å². The van der Waals surface area contributed by atoms with Crippen molar-refractivity contribution >= 4 is 0 Å². The van der Waals surface area contributed by atoms with E-state index < -0.39 is 0 Å². The summed E-state index contributed by atoms with van der Waals surface area (Å²) in [5, 5.41) is 0. The first kappa shape index (κ1) is 6.21. The molecule has 2 aliphatic rings. The van der Waals surface area contributed by atoms with E-state index in [1.165, 1.54) is 6.42 Å². The highest BCUT2D eigenvalue weighted by molar-refractivity contribution is 5.30. The van der Waals surface area contributed by atoms with Crippen LogP contribution in [0.2, 0.25) is 0 Å². The highest BCUT2D eigenvalue weighted by Gasteiger charge is 2.39. The predicted molar refractivity (Wildman–Crippen MR) is 43.7 cm³/mol. The molecule has 54 valence electrons. The Bertz CT molecular complexity index is 196. The van der Waals surface area contributed by atoms with Gasteiger partial charge in [0.1, 0.15) is 0 Å². The van der Waals surface area contributed by atoms with Gasteiger partial charge in [0, 0.05) is 0 Å². The second kappa shape index (κ2) is 1.98. The van der Waals surface area contributed by atoms with E-state index >= 15 is 0 Å². The molecule has 2 unspecified atom stereocenters. The Kier molecular flexibility index (Phi) is 1.23. The first-order chi connectivity index (χ1) is 4.79. The number of fused-ring (bicyclic) bond motifs is 1. The fourth-order valence-corrected chi connectivity index (χ4v) is 1.86. The SMILES string of the molecule is CC(C)C1=CC=CC2CC12. The Morgan fingerprint density at radius 2 is 2.30 bits per heavy atom. The third-order valence-corrected chi connectivity index (χ3v) is 2.58. The Morgan fingerprint density at radius 3 is 2.90 bits per heavy atom. The molecule has 2 aliphatic carbocycles. The number of rotatable bonds is 1. The van der Waals surface area contributed by atoms with Crippen molar-refractivity contribution < 1.29 is 0 Å². The molecule has 0 aromatic rings. The van der Waals surface area contributed by atoms with Gasteiger partial charge < -0.3 is 0 Å². The Hall–Kier alpha value is -0.520. The molecule has 0 aromatic heterocycles. The van der Waals surface area contributed by atoms with Crippen molar-refractivity contribution in [2.75, 3.05) is 0 Å². The molecular formula is C10H14. The van der Waals surface area contributed by atoms with Crippen LogP contribution >= 0.6 is 0 Å². The summed E-state index contributed by atoms with van der Waals surface area (Å²) in [6.45, 7) is 4.58. The fraction of sp³-hybridized carbons (Fsp3) is 0.600. The quantitative estimate of drug-likeness (QED) is 0.517. The highest BCUT2D eigenvalue weighted by atomic mass is 14.4. The van der Waals surface area contributed by atoms with Crippen LogP contribution in [0.1, 0.15) is 20.3 Å². The summed E-state index contributed by atoms with van der Waals surface area (Å²) < 4.78 is 0. The molecule has 2 atom stereocenters. The van der Waals surface area contributed by atoms with Crippen molar-refractivity contribution in [3.63, 3.8) is 0 Å². The van der Waals surface area contributed by atoms with Crippen LogP contribution < -0.4 is 0 Å². The molecular weight excluding hydrogens is 120 g/mol. The minimum absolute atomic E-state index is 0.764. The molecule has 0 aromatic carbocycles.